The van der Waals surface area contributed by atoms with E-state index in [0.717, 1.165) is 23.8 Å². The third kappa shape index (κ3) is 4.01. The van der Waals surface area contributed by atoms with Gasteiger partial charge in [0.25, 0.3) is 0 Å². The van der Waals surface area contributed by atoms with Gasteiger partial charge in [-0.3, -0.25) is 0 Å². The van der Waals surface area contributed by atoms with Crippen molar-refractivity contribution in [2.75, 3.05) is 24.4 Å². The second kappa shape index (κ2) is 7.46. The molecule has 122 valence electrons. The van der Waals surface area contributed by atoms with Gasteiger partial charge in [-0.1, -0.05) is 30.3 Å². The highest BCUT2D eigenvalue weighted by molar-refractivity contribution is 5.56. The molecule has 0 aliphatic rings. The van der Waals surface area contributed by atoms with E-state index in [9.17, 15) is 0 Å². The minimum atomic E-state index is 0.567. The third-order valence-electron chi connectivity index (χ3n) is 3.64. The number of anilines is 3. The molecule has 0 atom stereocenters. The van der Waals surface area contributed by atoms with Gasteiger partial charge in [0.15, 0.2) is 0 Å². The maximum Gasteiger partial charge on any atom is 0.229 e. The second-order valence-electron chi connectivity index (χ2n) is 5.43. The number of nitrogens with one attached hydrogen (secondary N) is 1. The first kappa shape index (κ1) is 15.8. The number of aromatic nitrogens is 2. The summed E-state index contributed by atoms with van der Waals surface area (Å²) in [6.07, 6.45) is 1.76. The molecular formula is C19H20N4O. The van der Waals surface area contributed by atoms with Crippen LogP contribution in [-0.2, 0) is 6.54 Å². The number of hydrogen-bond donors (Lipinski definition) is 1. The summed E-state index contributed by atoms with van der Waals surface area (Å²) in [6, 6.07) is 19.9. The summed E-state index contributed by atoms with van der Waals surface area (Å²) in [7, 11) is 3.67. The predicted molar refractivity (Wildman–Crippen MR) is 96.9 cm³/mol. The van der Waals surface area contributed by atoms with E-state index in [-0.39, 0.29) is 0 Å². The molecule has 0 unspecified atom stereocenters. The summed E-state index contributed by atoms with van der Waals surface area (Å²) in [5, 5.41) is 3.21. The second-order valence-corrected chi connectivity index (χ2v) is 5.43. The van der Waals surface area contributed by atoms with Crippen molar-refractivity contribution in [1.29, 1.82) is 0 Å². The van der Waals surface area contributed by atoms with Crippen LogP contribution >= 0.6 is 0 Å². The summed E-state index contributed by atoms with van der Waals surface area (Å²) in [6.45, 7) is 0.791. The van der Waals surface area contributed by atoms with Gasteiger partial charge in [0.2, 0.25) is 5.95 Å². The summed E-state index contributed by atoms with van der Waals surface area (Å²) in [5.74, 6) is 2.25. The Labute approximate surface area is 142 Å². The zero-order chi connectivity index (χ0) is 16.8. The van der Waals surface area contributed by atoms with Crippen molar-refractivity contribution >= 4 is 17.5 Å². The fraction of sp³-hybridized carbons (Fsp3) is 0.158. The zero-order valence-corrected chi connectivity index (χ0v) is 13.8. The van der Waals surface area contributed by atoms with Crippen LogP contribution in [0.5, 0.6) is 5.75 Å². The van der Waals surface area contributed by atoms with Crippen molar-refractivity contribution < 1.29 is 4.74 Å². The molecule has 0 aliphatic heterocycles. The first-order valence-corrected chi connectivity index (χ1v) is 7.74. The molecule has 0 saturated heterocycles. The van der Waals surface area contributed by atoms with Crippen LogP contribution in [-0.4, -0.2) is 24.1 Å². The van der Waals surface area contributed by atoms with Gasteiger partial charge in [-0.05, 0) is 35.9 Å². The number of rotatable bonds is 6. The predicted octanol–water partition coefficient (Wildman–Crippen LogP) is 3.87. The number of methoxy groups -OCH3 is 1. The van der Waals surface area contributed by atoms with Gasteiger partial charge in [0.1, 0.15) is 11.6 Å². The van der Waals surface area contributed by atoms with Gasteiger partial charge in [0.05, 0.1) is 7.11 Å². The van der Waals surface area contributed by atoms with Crippen LogP contribution in [0.3, 0.4) is 0 Å². The molecule has 1 heterocycles. The number of benzene rings is 2. The minimum Gasteiger partial charge on any atom is -0.497 e. The molecule has 5 nitrogen and oxygen atoms in total. The Morgan fingerprint density at radius 3 is 2.46 bits per heavy atom. The molecule has 0 amide bonds. The van der Waals surface area contributed by atoms with Crippen molar-refractivity contribution in [2.24, 2.45) is 0 Å². The Morgan fingerprint density at radius 1 is 1.00 bits per heavy atom. The van der Waals surface area contributed by atoms with Crippen LogP contribution in [0.1, 0.15) is 5.56 Å². The third-order valence-corrected chi connectivity index (χ3v) is 3.64. The molecule has 3 aromatic rings. The van der Waals surface area contributed by atoms with Crippen molar-refractivity contribution in [3.63, 3.8) is 0 Å². The van der Waals surface area contributed by atoms with E-state index in [1.165, 1.54) is 5.56 Å². The molecule has 0 bridgehead atoms. The van der Waals surface area contributed by atoms with Crippen molar-refractivity contribution in [3.8, 4) is 5.75 Å². The monoisotopic (exact) mass is 320 g/mol. The van der Waals surface area contributed by atoms with E-state index >= 15 is 0 Å². The lowest BCUT2D eigenvalue weighted by atomic mass is 10.2. The van der Waals surface area contributed by atoms with Crippen LogP contribution in [0.4, 0.5) is 17.5 Å². The van der Waals surface area contributed by atoms with Crippen LogP contribution in [0.15, 0.2) is 66.9 Å². The molecule has 0 radical (unpaired) electrons. The summed E-state index contributed by atoms with van der Waals surface area (Å²) in [4.78, 5) is 11.0. The Bertz CT molecular complexity index is 775. The van der Waals surface area contributed by atoms with E-state index in [2.05, 4.69) is 32.3 Å². The number of ether oxygens (including phenoxy) is 1. The van der Waals surface area contributed by atoms with Crippen molar-refractivity contribution in [1.82, 2.24) is 9.97 Å². The maximum absolute atomic E-state index is 5.16. The van der Waals surface area contributed by atoms with Gasteiger partial charge in [-0.2, -0.15) is 4.98 Å². The average Bonchev–Trinajstić information content (AvgIpc) is 2.63. The highest BCUT2D eigenvalue weighted by Crippen LogP contribution is 2.19. The molecule has 3 rings (SSSR count). The first-order chi connectivity index (χ1) is 11.7. The van der Waals surface area contributed by atoms with E-state index < -0.39 is 0 Å². The van der Waals surface area contributed by atoms with E-state index in [1.54, 1.807) is 13.3 Å². The van der Waals surface area contributed by atoms with E-state index in [4.69, 9.17) is 4.74 Å². The quantitative estimate of drug-likeness (QED) is 0.747. The molecule has 24 heavy (non-hydrogen) atoms. The highest BCUT2D eigenvalue weighted by Gasteiger charge is 2.06. The Hall–Kier alpha value is -3.08. The largest absolute Gasteiger partial charge is 0.497 e. The van der Waals surface area contributed by atoms with E-state index in [1.807, 2.05) is 55.6 Å². The zero-order valence-electron chi connectivity index (χ0n) is 13.8. The molecule has 0 spiro atoms. The lowest BCUT2D eigenvalue weighted by molar-refractivity contribution is 0.415. The molecule has 5 heteroatoms. The number of nitrogens with zero attached hydrogens (tertiary/aromatic N) is 3. The Balaban J connectivity index is 1.71. The van der Waals surface area contributed by atoms with Gasteiger partial charge in [0, 0.05) is 25.5 Å². The molecule has 0 saturated carbocycles. The van der Waals surface area contributed by atoms with Crippen molar-refractivity contribution in [3.05, 3.63) is 72.4 Å². The van der Waals surface area contributed by atoms with E-state index in [0.29, 0.717) is 5.95 Å². The van der Waals surface area contributed by atoms with Gasteiger partial charge < -0.3 is 15.0 Å². The lowest BCUT2D eigenvalue weighted by Gasteiger charge is -2.18. The summed E-state index contributed by atoms with van der Waals surface area (Å²) < 4.78 is 5.16. The molecule has 1 N–H and O–H groups in total. The normalized spacial score (nSPS) is 10.2. The standard InChI is InChI=1S/C19H20N4O/c1-23(14-15-6-4-3-5-7-15)18-12-13-20-19(22-18)21-16-8-10-17(24-2)11-9-16/h3-13H,14H2,1-2H3,(H,20,21,22). The van der Waals surface area contributed by atoms with Crippen molar-refractivity contribution in [2.45, 2.75) is 6.54 Å². The van der Waals surface area contributed by atoms with Gasteiger partial charge in [-0.15, -0.1) is 0 Å². The number of hydrogen-bond acceptors (Lipinski definition) is 5. The highest BCUT2D eigenvalue weighted by atomic mass is 16.5. The maximum atomic E-state index is 5.16. The molecule has 1 aromatic heterocycles. The average molecular weight is 320 g/mol. The smallest absolute Gasteiger partial charge is 0.229 e. The Kier molecular flexibility index (Phi) is 4.91. The van der Waals surface area contributed by atoms with Crippen LogP contribution in [0, 0.1) is 0 Å². The fourth-order valence-electron chi connectivity index (χ4n) is 2.36. The van der Waals surface area contributed by atoms with Crippen LogP contribution in [0.25, 0.3) is 0 Å². The molecule has 2 aromatic carbocycles. The van der Waals surface area contributed by atoms with Gasteiger partial charge >= 0.3 is 0 Å². The summed E-state index contributed by atoms with van der Waals surface area (Å²) >= 11 is 0. The lowest BCUT2D eigenvalue weighted by Crippen LogP contribution is -2.18. The van der Waals surface area contributed by atoms with Gasteiger partial charge in [-0.25, -0.2) is 4.98 Å². The topological polar surface area (TPSA) is 50.3 Å². The minimum absolute atomic E-state index is 0.567. The molecule has 0 aliphatic carbocycles. The van der Waals surface area contributed by atoms with Crippen LogP contribution < -0.4 is 15.0 Å². The van der Waals surface area contributed by atoms with Crippen LogP contribution in [0.2, 0.25) is 0 Å². The fourth-order valence-corrected chi connectivity index (χ4v) is 2.36. The SMILES string of the molecule is COc1ccc(Nc2nccc(N(C)Cc3ccccc3)n2)cc1. The molecular weight excluding hydrogens is 300 g/mol. The molecule has 0 fully saturated rings. The Morgan fingerprint density at radius 2 is 1.75 bits per heavy atom. The first-order valence-electron chi connectivity index (χ1n) is 7.74. The summed E-state index contributed by atoms with van der Waals surface area (Å²) in [5.41, 5.74) is 2.15.